The van der Waals surface area contributed by atoms with Crippen molar-refractivity contribution < 1.29 is 4.79 Å². The van der Waals surface area contributed by atoms with E-state index in [1.807, 2.05) is 24.7 Å². The normalized spacial score (nSPS) is 18.0. The van der Waals surface area contributed by atoms with Crippen molar-refractivity contribution in [1.82, 2.24) is 19.4 Å². The Kier molecular flexibility index (Phi) is 3.60. The Morgan fingerprint density at radius 2 is 2.14 bits per heavy atom. The van der Waals surface area contributed by atoms with Crippen LogP contribution in [0.3, 0.4) is 0 Å². The van der Waals surface area contributed by atoms with Gasteiger partial charge in [0.05, 0.1) is 5.69 Å². The molecule has 0 radical (unpaired) electrons. The topological polar surface area (TPSA) is 71.0 Å². The van der Waals surface area contributed by atoms with Crippen molar-refractivity contribution in [2.45, 2.75) is 26.2 Å². The first-order valence-corrected chi connectivity index (χ1v) is 7.45. The van der Waals surface area contributed by atoms with Gasteiger partial charge in [0, 0.05) is 37.9 Å². The van der Waals surface area contributed by atoms with E-state index in [0.29, 0.717) is 13.1 Å². The highest BCUT2D eigenvalue weighted by Gasteiger charge is 2.31. The third kappa shape index (κ3) is 2.56. The van der Waals surface area contributed by atoms with Crippen molar-refractivity contribution in [2.75, 3.05) is 13.1 Å². The van der Waals surface area contributed by atoms with E-state index in [1.165, 1.54) is 0 Å². The molecule has 2 aromatic heterocycles. The Bertz CT molecular complexity index is 775. The van der Waals surface area contributed by atoms with Gasteiger partial charge >= 0.3 is 0 Å². The van der Waals surface area contributed by atoms with Crippen molar-refractivity contribution in [1.29, 1.82) is 0 Å². The van der Waals surface area contributed by atoms with Crippen LogP contribution in [0.4, 0.5) is 0 Å². The van der Waals surface area contributed by atoms with E-state index < -0.39 is 0 Å². The first kappa shape index (κ1) is 14.6. The third-order valence-electron chi connectivity index (χ3n) is 4.16. The molecule has 1 atom stereocenters. The average Bonchev–Trinajstić information content (AvgIpc) is 3.04. The molecule has 0 aromatic carbocycles. The lowest BCUT2D eigenvalue weighted by atomic mass is 10.1. The Morgan fingerprint density at radius 3 is 2.77 bits per heavy atom. The number of pyridine rings is 1. The Balaban J connectivity index is 1.79. The van der Waals surface area contributed by atoms with Gasteiger partial charge in [-0.15, -0.1) is 0 Å². The number of aryl methyl sites for hydroxylation is 3. The van der Waals surface area contributed by atoms with Crippen LogP contribution in [-0.2, 0) is 7.05 Å². The number of carbonyl (C=O) groups is 1. The monoisotopic (exact) mass is 300 g/mol. The highest BCUT2D eigenvalue weighted by molar-refractivity contribution is 5.94. The molecule has 2 aromatic rings. The van der Waals surface area contributed by atoms with Crippen LogP contribution < -0.4 is 5.56 Å². The summed E-state index contributed by atoms with van der Waals surface area (Å²) in [6.45, 7) is 5.03. The molecule has 116 valence electrons. The number of carbonyl (C=O) groups excluding carboxylic acids is 1. The molecular formula is C16H20N4O2. The predicted octanol–water partition coefficient (Wildman–Crippen LogP) is 1.35. The van der Waals surface area contributed by atoms with Gasteiger partial charge in [0.2, 0.25) is 0 Å². The molecule has 0 spiro atoms. The van der Waals surface area contributed by atoms with E-state index in [0.717, 1.165) is 23.6 Å². The van der Waals surface area contributed by atoms with Gasteiger partial charge in [0.25, 0.3) is 11.5 Å². The standard InChI is InChI=1S/C16H20N4O2/c1-10-4-5-13(15(21)18-10)16(22)20-7-6-12(9-20)14-17-11(2)8-19(14)3/h4-5,8,12H,6-7,9H2,1-3H3,(H,18,21)/t12-/m0/s1. The molecule has 1 fully saturated rings. The van der Waals surface area contributed by atoms with E-state index in [1.54, 1.807) is 24.0 Å². The first-order valence-electron chi connectivity index (χ1n) is 7.45. The molecule has 1 N–H and O–H groups in total. The number of nitrogens with zero attached hydrogens (tertiary/aromatic N) is 3. The molecule has 6 heteroatoms. The zero-order valence-corrected chi connectivity index (χ0v) is 13.1. The second-order valence-electron chi connectivity index (χ2n) is 5.97. The molecular weight excluding hydrogens is 280 g/mol. The van der Waals surface area contributed by atoms with Gasteiger partial charge in [0.15, 0.2) is 0 Å². The van der Waals surface area contributed by atoms with Crippen molar-refractivity contribution >= 4 is 5.91 Å². The van der Waals surface area contributed by atoms with Gasteiger partial charge in [-0.3, -0.25) is 9.59 Å². The lowest BCUT2D eigenvalue weighted by Crippen LogP contribution is -2.33. The number of hydrogen-bond acceptors (Lipinski definition) is 3. The van der Waals surface area contributed by atoms with Gasteiger partial charge in [-0.25, -0.2) is 4.98 Å². The second-order valence-corrected chi connectivity index (χ2v) is 5.97. The summed E-state index contributed by atoms with van der Waals surface area (Å²) in [5.74, 6) is 1.03. The van der Waals surface area contributed by atoms with Crippen LogP contribution in [0.25, 0.3) is 0 Å². The van der Waals surface area contributed by atoms with Crippen LogP contribution in [0.15, 0.2) is 23.1 Å². The number of imidazole rings is 1. The minimum Gasteiger partial charge on any atom is -0.338 e. The predicted molar refractivity (Wildman–Crippen MR) is 83.0 cm³/mol. The Hall–Kier alpha value is -2.37. The molecule has 6 nitrogen and oxygen atoms in total. The molecule has 0 unspecified atom stereocenters. The summed E-state index contributed by atoms with van der Waals surface area (Å²) >= 11 is 0. The summed E-state index contributed by atoms with van der Waals surface area (Å²) in [6.07, 6.45) is 2.87. The van der Waals surface area contributed by atoms with Gasteiger partial charge in [-0.2, -0.15) is 0 Å². The summed E-state index contributed by atoms with van der Waals surface area (Å²) in [4.78, 5) is 33.4. The van der Waals surface area contributed by atoms with Gasteiger partial charge in [0.1, 0.15) is 11.4 Å². The second kappa shape index (κ2) is 5.44. The lowest BCUT2D eigenvalue weighted by Gasteiger charge is -2.16. The van der Waals surface area contributed by atoms with Crippen molar-refractivity contribution in [2.24, 2.45) is 7.05 Å². The van der Waals surface area contributed by atoms with Crippen LogP contribution in [0.1, 0.15) is 39.9 Å². The minimum atomic E-state index is -0.318. The number of hydrogen-bond donors (Lipinski definition) is 1. The third-order valence-corrected chi connectivity index (χ3v) is 4.16. The summed E-state index contributed by atoms with van der Waals surface area (Å²) in [6, 6.07) is 3.36. The Labute approximate surface area is 128 Å². The summed E-state index contributed by atoms with van der Waals surface area (Å²) < 4.78 is 2.02. The fraction of sp³-hybridized carbons (Fsp3) is 0.438. The van der Waals surface area contributed by atoms with E-state index in [9.17, 15) is 9.59 Å². The van der Waals surface area contributed by atoms with Crippen molar-refractivity contribution in [3.63, 3.8) is 0 Å². The Morgan fingerprint density at radius 1 is 1.36 bits per heavy atom. The van der Waals surface area contributed by atoms with E-state index in [2.05, 4.69) is 9.97 Å². The zero-order valence-electron chi connectivity index (χ0n) is 13.1. The minimum absolute atomic E-state index is 0.199. The molecule has 1 saturated heterocycles. The van der Waals surface area contributed by atoms with Crippen molar-refractivity contribution in [3.8, 4) is 0 Å². The van der Waals surface area contributed by atoms with Crippen LogP contribution >= 0.6 is 0 Å². The lowest BCUT2D eigenvalue weighted by molar-refractivity contribution is 0.0788. The molecule has 1 aliphatic rings. The fourth-order valence-electron chi connectivity index (χ4n) is 3.08. The molecule has 3 heterocycles. The zero-order chi connectivity index (χ0) is 15.9. The van der Waals surface area contributed by atoms with Gasteiger partial charge in [-0.1, -0.05) is 0 Å². The quantitative estimate of drug-likeness (QED) is 0.910. The van der Waals surface area contributed by atoms with Crippen LogP contribution in [0.2, 0.25) is 0 Å². The molecule has 22 heavy (non-hydrogen) atoms. The number of amides is 1. The van der Waals surface area contributed by atoms with Crippen LogP contribution in [-0.4, -0.2) is 38.4 Å². The molecule has 0 bridgehead atoms. The number of likely N-dealkylation sites (tertiary alicyclic amines) is 1. The first-order chi connectivity index (χ1) is 10.5. The molecule has 0 aliphatic carbocycles. The maximum atomic E-state index is 12.5. The van der Waals surface area contributed by atoms with Gasteiger partial charge < -0.3 is 14.5 Å². The number of H-pyrrole nitrogens is 1. The fourth-order valence-corrected chi connectivity index (χ4v) is 3.08. The SMILES string of the molecule is Cc1cn(C)c([C@H]2CCN(C(=O)c3ccc(C)[nH]c3=O)C2)n1. The number of aromatic nitrogens is 3. The van der Waals surface area contributed by atoms with E-state index in [4.69, 9.17) is 0 Å². The van der Waals surface area contributed by atoms with Crippen LogP contribution in [0, 0.1) is 13.8 Å². The molecule has 3 rings (SSSR count). The smallest absolute Gasteiger partial charge is 0.260 e. The maximum absolute atomic E-state index is 12.5. The van der Waals surface area contributed by atoms with Crippen molar-refractivity contribution in [3.05, 3.63) is 51.5 Å². The largest absolute Gasteiger partial charge is 0.338 e. The molecule has 0 saturated carbocycles. The average molecular weight is 300 g/mol. The van der Waals surface area contributed by atoms with Crippen LogP contribution in [0.5, 0.6) is 0 Å². The van der Waals surface area contributed by atoms with E-state index in [-0.39, 0.29) is 22.9 Å². The highest BCUT2D eigenvalue weighted by Crippen LogP contribution is 2.27. The van der Waals surface area contributed by atoms with Gasteiger partial charge in [-0.05, 0) is 32.4 Å². The highest BCUT2D eigenvalue weighted by atomic mass is 16.2. The number of nitrogens with one attached hydrogen (secondary N) is 1. The summed E-state index contributed by atoms with van der Waals surface area (Å²) in [7, 11) is 1.98. The molecule has 1 aliphatic heterocycles. The summed E-state index contributed by atoms with van der Waals surface area (Å²) in [5, 5.41) is 0. The maximum Gasteiger partial charge on any atom is 0.260 e. The molecule has 1 amide bonds. The summed E-state index contributed by atoms with van der Waals surface area (Å²) in [5.41, 5.74) is 1.63. The van der Waals surface area contributed by atoms with E-state index >= 15 is 0 Å². The number of rotatable bonds is 2. The number of aromatic amines is 1.